The van der Waals surface area contributed by atoms with Crippen molar-refractivity contribution in [3.8, 4) is 0 Å². The highest BCUT2D eigenvalue weighted by Crippen LogP contribution is 2.22. The van der Waals surface area contributed by atoms with Gasteiger partial charge in [-0.2, -0.15) is 0 Å². The fourth-order valence-corrected chi connectivity index (χ4v) is 3.65. The van der Waals surface area contributed by atoms with E-state index < -0.39 is 17.7 Å². The molecule has 0 fully saturated rings. The van der Waals surface area contributed by atoms with Gasteiger partial charge in [0.15, 0.2) is 0 Å². The van der Waals surface area contributed by atoms with Crippen molar-refractivity contribution < 1.29 is 14.4 Å². The predicted octanol–water partition coefficient (Wildman–Crippen LogP) is 3.12. The molecule has 1 aromatic heterocycles. The average molecular weight is 414 g/mol. The summed E-state index contributed by atoms with van der Waals surface area (Å²) in [6.07, 6.45) is 0.843. The first kappa shape index (κ1) is 20.2. The first-order valence-corrected chi connectivity index (χ1v) is 9.30. The van der Waals surface area contributed by atoms with Crippen molar-refractivity contribution in [3.05, 3.63) is 55.2 Å². The van der Waals surface area contributed by atoms with Crippen molar-refractivity contribution in [1.29, 1.82) is 0 Å². The Kier molecular flexibility index (Phi) is 7.02. The summed E-state index contributed by atoms with van der Waals surface area (Å²) in [6.45, 7) is 3.63. The van der Waals surface area contributed by atoms with E-state index in [1.165, 1.54) is 29.5 Å². The highest BCUT2D eigenvalue weighted by atomic mass is 35.5. The number of rotatable bonds is 5. The van der Waals surface area contributed by atoms with E-state index in [1.54, 1.807) is 6.07 Å². The van der Waals surface area contributed by atoms with Gasteiger partial charge in [-0.15, -0.1) is 11.3 Å². The van der Waals surface area contributed by atoms with Crippen LogP contribution in [0.3, 0.4) is 0 Å². The maximum atomic E-state index is 12.0. The highest BCUT2D eigenvalue weighted by Gasteiger charge is 2.14. The third-order valence-corrected chi connectivity index (χ3v) is 5.39. The number of carbonyl (C=O) groups excluding carboxylic acids is 3. The summed E-state index contributed by atoms with van der Waals surface area (Å²) < 4.78 is 0. The van der Waals surface area contributed by atoms with Crippen molar-refractivity contribution in [2.75, 3.05) is 6.54 Å². The van der Waals surface area contributed by atoms with Crippen LogP contribution in [0.5, 0.6) is 0 Å². The fourth-order valence-electron chi connectivity index (χ4n) is 2.14. The number of thiophene rings is 1. The monoisotopic (exact) mass is 413 g/mol. The number of hydrogen-bond acceptors (Lipinski definition) is 4. The van der Waals surface area contributed by atoms with Gasteiger partial charge in [-0.05, 0) is 43.2 Å². The summed E-state index contributed by atoms with van der Waals surface area (Å²) in [7, 11) is 0. The van der Waals surface area contributed by atoms with Gasteiger partial charge in [0.05, 0.1) is 22.0 Å². The number of aryl methyl sites for hydroxylation is 2. The Morgan fingerprint density at radius 3 is 2.42 bits per heavy atom. The van der Waals surface area contributed by atoms with E-state index in [2.05, 4.69) is 16.2 Å². The molecule has 138 valence electrons. The summed E-state index contributed by atoms with van der Waals surface area (Å²) in [6, 6.07) is 6.20. The summed E-state index contributed by atoms with van der Waals surface area (Å²) in [5, 5.41) is 3.01. The van der Waals surface area contributed by atoms with Gasteiger partial charge in [0.1, 0.15) is 0 Å². The Bertz CT molecular complexity index is 852. The van der Waals surface area contributed by atoms with E-state index in [0.29, 0.717) is 9.90 Å². The molecule has 2 rings (SSSR count). The van der Waals surface area contributed by atoms with Crippen LogP contribution in [0.4, 0.5) is 0 Å². The SMILES string of the molecule is CCc1sc(C(=O)NNC(=O)CNC(=O)c2ccc(Cl)cc2Cl)cc1C. The second-order valence-corrected chi connectivity index (χ2v) is 7.36. The maximum absolute atomic E-state index is 12.0. The van der Waals surface area contributed by atoms with Crippen molar-refractivity contribution in [2.45, 2.75) is 20.3 Å². The van der Waals surface area contributed by atoms with Crippen molar-refractivity contribution in [3.63, 3.8) is 0 Å². The minimum atomic E-state index is -0.569. The third-order valence-electron chi connectivity index (χ3n) is 3.47. The molecule has 0 aliphatic rings. The molecule has 3 N–H and O–H groups in total. The summed E-state index contributed by atoms with van der Waals surface area (Å²) >= 11 is 13.1. The normalized spacial score (nSPS) is 10.3. The standard InChI is InChI=1S/C17H17Cl2N3O3S/c1-3-13-9(2)6-14(26-13)17(25)22-21-15(23)8-20-16(24)11-5-4-10(18)7-12(11)19/h4-7H,3,8H2,1-2H3,(H,20,24)(H,21,23)(H,22,25). The molecule has 0 unspecified atom stereocenters. The Balaban J connectivity index is 1.83. The Hall–Kier alpha value is -2.09. The quantitative estimate of drug-likeness (QED) is 0.657. The van der Waals surface area contributed by atoms with Crippen LogP contribution < -0.4 is 16.2 Å². The molecular weight excluding hydrogens is 397 g/mol. The molecule has 1 heterocycles. The van der Waals surface area contributed by atoms with Gasteiger partial charge >= 0.3 is 0 Å². The zero-order chi connectivity index (χ0) is 19.3. The minimum Gasteiger partial charge on any atom is -0.343 e. The zero-order valence-corrected chi connectivity index (χ0v) is 16.4. The van der Waals surface area contributed by atoms with Crippen LogP contribution >= 0.6 is 34.5 Å². The van der Waals surface area contributed by atoms with Crippen molar-refractivity contribution in [2.24, 2.45) is 0 Å². The number of carbonyl (C=O) groups is 3. The Morgan fingerprint density at radius 1 is 1.08 bits per heavy atom. The van der Waals surface area contributed by atoms with Crippen LogP contribution in [-0.2, 0) is 11.2 Å². The van der Waals surface area contributed by atoms with E-state index in [0.717, 1.165) is 16.9 Å². The number of amides is 3. The topological polar surface area (TPSA) is 87.3 Å². The van der Waals surface area contributed by atoms with Gasteiger partial charge in [-0.3, -0.25) is 25.2 Å². The van der Waals surface area contributed by atoms with Crippen LogP contribution in [-0.4, -0.2) is 24.3 Å². The molecule has 1 aromatic carbocycles. The van der Waals surface area contributed by atoms with Crippen LogP contribution in [0.25, 0.3) is 0 Å². The van der Waals surface area contributed by atoms with Crippen molar-refractivity contribution in [1.82, 2.24) is 16.2 Å². The summed E-state index contributed by atoms with van der Waals surface area (Å²) in [5.41, 5.74) is 5.83. The molecule has 3 amide bonds. The number of benzene rings is 1. The van der Waals surface area contributed by atoms with Crippen molar-refractivity contribution >= 4 is 52.3 Å². The minimum absolute atomic E-state index is 0.184. The molecule has 0 radical (unpaired) electrons. The molecule has 6 nitrogen and oxygen atoms in total. The number of nitrogens with one attached hydrogen (secondary N) is 3. The molecule has 0 saturated heterocycles. The van der Waals surface area contributed by atoms with Crippen LogP contribution in [0.15, 0.2) is 24.3 Å². The predicted molar refractivity (Wildman–Crippen MR) is 103 cm³/mol. The molecular formula is C17H17Cl2N3O3S. The lowest BCUT2D eigenvalue weighted by molar-refractivity contribution is -0.120. The highest BCUT2D eigenvalue weighted by molar-refractivity contribution is 7.14. The van der Waals surface area contributed by atoms with Gasteiger partial charge in [0.2, 0.25) is 0 Å². The second-order valence-electron chi connectivity index (χ2n) is 5.38. The van der Waals surface area contributed by atoms with Gasteiger partial charge in [-0.25, -0.2) is 0 Å². The molecule has 0 saturated carbocycles. The lowest BCUT2D eigenvalue weighted by atomic mass is 10.2. The smallest absolute Gasteiger partial charge is 0.279 e. The average Bonchev–Trinajstić information content (AvgIpc) is 2.98. The molecule has 0 spiro atoms. The van der Waals surface area contributed by atoms with E-state index in [9.17, 15) is 14.4 Å². The van der Waals surface area contributed by atoms with E-state index in [1.807, 2.05) is 13.8 Å². The lowest BCUT2D eigenvalue weighted by Crippen LogP contribution is -2.46. The summed E-state index contributed by atoms with van der Waals surface area (Å²) in [4.78, 5) is 37.5. The largest absolute Gasteiger partial charge is 0.343 e. The molecule has 0 bridgehead atoms. The van der Waals surface area contributed by atoms with Gasteiger partial charge in [0, 0.05) is 9.90 Å². The van der Waals surface area contributed by atoms with Gasteiger partial charge < -0.3 is 5.32 Å². The number of hydrazine groups is 1. The zero-order valence-electron chi connectivity index (χ0n) is 14.1. The number of halogens is 2. The maximum Gasteiger partial charge on any atom is 0.279 e. The first-order chi connectivity index (χ1) is 12.3. The summed E-state index contributed by atoms with van der Waals surface area (Å²) in [5.74, 6) is -1.49. The second kappa shape index (κ2) is 9.02. The van der Waals surface area contributed by atoms with E-state index >= 15 is 0 Å². The Morgan fingerprint density at radius 2 is 1.81 bits per heavy atom. The lowest BCUT2D eigenvalue weighted by Gasteiger charge is -2.08. The Labute approximate surface area is 164 Å². The third kappa shape index (κ3) is 5.20. The molecule has 0 aliphatic heterocycles. The van der Waals surface area contributed by atoms with E-state index in [4.69, 9.17) is 23.2 Å². The molecule has 26 heavy (non-hydrogen) atoms. The first-order valence-electron chi connectivity index (χ1n) is 7.73. The molecule has 2 aromatic rings. The van der Waals surface area contributed by atoms with Crippen LogP contribution in [0.2, 0.25) is 10.0 Å². The van der Waals surface area contributed by atoms with Gasteiger partial charge in [-0.1, -0.05) is 30.1 Å². The molecule has 9 heteroatoms. The van der Waals surface area contributed by atoms with Crippen LogP contribution in [0, 0.1) is 6.92 Å². The van der Waals surface area contributed by atoms with E-state index in [-0.39, 0.29) is 17.1 Å². The number of hydrogen-bond donors (Lipinski definition) is 3. The van der Waals surface area contributed by atoms with Crippen LogP contribution in [0.1, 0.15) is 37.4 Å². The molecule has 0 aliphatic carbocycles. The molecule has 0 atom stereocenters. The fraction of sp³-hybridized carbons (Fsp3) is 0.235. The van der Waals surface area contributed by atoms with Gasteiger partial charge in [0.25, 0.3) is 17.7 Å².